The summed E-state index contributed by atoms with van der Waals surface area (Å²) in [5.41, 5.74) is 0. The van der Waals surface area contributed by atoms with E-state index in [1.54, 1.807) is 0 Å². The molecule has 2 aliphatic heterocycles. The minimum Gasteiger partial charge on any atom is -0.341 e. The van der Waals surface area contributed by atoms with Gasteiger partial charge in [-0.2, -0.15) is 0 Å². The molecule has 2 heterocycles. The van der Waals surface area contributed by atoms with Gasteiger partial charge in [0, 0.05) is 32.2 Å². The van der Waals surface area contributed by atoms with Crippen LogP contribution in [0.25, 0.3) is 0 Å². The Hall–Kier alpha value is -1.14. The number of imide groups is 1. The summed E-state index contributed by atoms with van der Waals surface area (Å²) in [4.78, 5) is 25.2. The highest BCUT2D eigenvalue weighted by atomic mass is 16.2. The Morgan fingerprint density at radius 1 is 1.28 bits per heavy atom. The van der Waals surface area contributed by atoms with Crippen LogP contribution >= 0.6 is 0 Å². The second-order valence-corrected chi connectivity index (χ2v) is 5.17. The van der Waals surface area contributed by atoms with E-state index in [9.17, 15) is 9.59 Å². The van der Waals surface area contributed by atoms with Crippen LogP contribution < -0.4 is 16.0 Å². The van der Waals surface area contributed by atoms with Crippen molar-refractivity contribution >= 4 is 11.9 Å². The van der Waals surface area contributed by atoms with Crippen molar-refractivity contribution in [2.45, 2.75) is 44.3 Å². The average molecular weight is 254 g/mol. The molecule has 0 spiro atoms. The summed E-state index contributed by atoms with van der Waals surface area (Å²) >= 11 is 0. The van der Waals surface area contributed by atoms with Crippen molar-refractivity contribution in [2.75, 3.05) is 20.1 Å². The molecule has 0 aromatic rings. The lowest BCUT2D eigenvalue weighted by Gasteiger charge is -2.29. The molecule has 0 aliphatic carbocycles. The summed E-state index contributed by atoms with van der Waals surface area (Å²) in [7, 11) is 1.50. The SMILES string of the molecule is CNC(=O)NC(=O)C(C)N1CCC2CCC(C1)N2. The number of hydrogen-bond donors (Lipinski definition) is 3. The second kappa shape index (κ2) is 5.67. The Balaban J connectivity index is 1.90. The zero-order valence-electron chi connectivity index (χ0n) is 11.0. The standard InChI is InChI=1S/C12H22N4O2/c1-8(11(17)15-12(18)13-2)16-6-5-9-3-4-10(7-16)14-9/h8-10,14H,3-7H2,1-2H3,(H2,13,15,17,18). The van der Waals surface area contributed by atoms with Crippen LogP contribution in [0.2, 0.25) is 0 Å². The van der Waals surface area contributed by atoms with Crippen LogP contribution in [0, 0.1) is 0 Å². The molecule has 6 nitrogen and oxygen atoms in total. The topological polar surface area (TPSA) is 73.5 Å². The molecular weight excluding hydrogens is 232 g/mol. The van der Waals surface area contributed by atoms with Crippen molar-refractivity contribution < 1.29 is 9.59 Å². The molecule has 2 aliphatic rings. The normalized spacial score (nSPS) is 29.4. The molecule has 102 valence electrons. The zero-order chi connectivity index (χ0) is 13.1. The summed E-state index contributed by atoms with van der Waals surface area (Å²) in [5, 5.41) is 8.31. The van der Waals surface area contributed by atoms with E-state index in [0.717, 1.165) is 19.5 Å². The van der Waals surface area contributed by atoms with Gasteiger partial charge in [0.1, 0.15) is 0 Å². The van der Waals surface area contributed by atoms with Crippen LogP contribution in [-0.4, -0.2) is 55.1 Å². The number of rotatable bonds is 2. The number of likely N-dealkylation sites (tertiary alicyclic amines) is 1. The quantitative estimate of drug-likeness (QED) is 0.630. The third kappa shape index (κ3) is 3.00. The summed E-state index contributed by atoms with van der Waals surface area (Å²) in [5.74, 6) is -0.230. The maximum absolute atomic E-state index is 11.9. The Labute approximate surface area is 107 Å². The molecule has 0 radical (unpaired) electrons. The van der Waals surface area contributed by atoms with Gasteiger partial charge in [0.2, 0.25) is 5.91 Å². The van der Waals surface area contributed by atoms with Gasteiger partial charge in [-0.25, -0.2) is 4.79 Å². The maximum Gasteiger partial charge on any atom is 0.321 e. The lowest BCUT2D eigenvalue weighted by Crippen LogP contribution is -2.51. The molecule has 3 unspecified atom stereocenters. The Kier molecular flexibility index (Phi) is 4.19. The van der Waals surface area contributed by atoms with E-state index in [2.05, 4.69) is 20.9 Å². The van der Waals surface area contributed by atoms with Gasteiger partial charge in [-0.1, -0.05) is 0 Å². The van der Waals surface area contributed by atoms with Crippen LogP contribution in [0.1, 0.15) is 26.2 Å². The maximum atomic E-state index is 11.9. The van der Waals surface area contributed by atoms with Crippen molar-refractivity contribution in [2.24, 2.45) is 0 Å². The number of fused-ring (bicyclic) bond motifs is 2. The number of nitrogens with one attached hydrogen (secondary N) is 3. The van der Waals surface area contributed by atoms with Gasteiger partial charge in [0.15, 0.2) is 0 Å². The van der Waals surface area contributed by atoms with Gasteiger partial charge in [0.25, 0.3) is 0 Å². The molecule has 2 saturated heterocycles. The molecule has 0 saturated carbocycles. The molecule has 0 aromatic heterocycles. The lowest BCUT2D eigenvalue weighted by molar-refractivity contribution is -0.124. The number of urea groups is 1. The van der Waals surface area contributed by atoms with Crippen molar-refractivity contribution in [3.8, 4) is 0 Å². The molecule has 3 atom stereocenters. The van der Waals surface area contributed by atoms with E-state index < -0.39 is 6.03 Å². The number of nitrogens with zero attached hydrogens (tertiary/aromatic N) is 1. The van der Waals surface area contributed by atoms with Crippen molar-refractivity contribution in [1.82, 2.24) is 20.9 Å². The van der Waals surface area contributed by atoms with Gasteiger partial charge in [-0.05, 0) is 26.2 Å². The average Bonchev–Trinajstić information content (AvgIpc) is 2.68. The Bertz CT molecular complexity index is 334. The monoisotopic (exact) mass is 254 g/mol. The second-order valence-electron chi connectivity index (χ2n) is 5.17. The smallest absolute Gasteiger partial charge is 0.321 e. The minimum absolute atomic E-state index is 0.230. The molecule has 6 heteroatoms. The number of hydrogen-bond acceptors (Lipinski definition) is 4. The van der Waals surface area contributed by atoms with E-state index in [1.165, 1.54) is 19.9 Å². The van der Waals surface area contributed by atoms with Crippen LogP contribution in [0.4, 0.5) is 4.79 Å². The predicted octanol–water partition coefficient (Wildman–Crippen LogP) is -0.343. The summed E-state index contributed by atoms with van der Waals surface area (Å²) in [6.45, 7) is 3.66. The highest BCUT2D eigenvalue weighted by Crippen LogP contribution is 2.21. The number of carbonyl (C=O) groups is 2. The molecule has 0 aromatic carbocycles. The van der Waals surface area contributed by atoms with Crippen LogP contribution in [0.5, 0.6) is 0 Å². The van der Waals surface area contributed by atoms with E-state index in [-0.39, 0.29) is 11.9 Å². The fraction of sp³-hybridized carbons (Fsp3) is 0.833. The number of carbonyl (C=O) groups excluding carboxylic acids is 2. The van der Waals surface area contributed by atoms with Gasteiger partial charge >= 0.3 is 6.03 Å². The first-order valence-corrected chi connectivity index (χ1v) is 6.63. The number of amides is 3. The van der Waals surface area contributed by atoms with Crippen molar-refractivity contribution in [3.63, 3.8) is 0 Å². The molecule has 18 heavy (non-hydrogen) atoms. The van der Waals surface area contributed by atoms with Gasteiger partial charge in [-0.3, -0.25) is 15.0 Å². The molecule has 3 N–H and O–H groups in total. The van der Waals surface area contributed by atoms with E-state index in [1.807, 2.05) is 6.92 Å². The summed E-state index contributed by atoms with van der Waals surface area (Å²) in [6, 6.07) is 0.395. The Morgan fingerprint density at radius 3 is 2.72 bits per heavy atom. The van der Waals surface area contributed by atoms with Crippen molar-refractivity contribution in [1.29, 1.82) is 0 Å². The lowest BCUT2D eigenvalue weighted by atomic mass is 10.1. The zero-order valence-corrected chi connectivity index (χ0v) is 11.0. The first-order chi connectivity index (χ1) is 8.60. The predicted molar refractivity (Wildman–Crippen MR) is 68.2 cm³/mol. The van der Waals surface area contributed by atoms with Gasteiger partial charge in [0.05, 0.1) is 6.04 Å². The van der Waals surface area contributed by atoms with Crippen molar-refractivity contribution in [3.05, 3.63) is 0 Å². The highest BCUT2D eigenvalue weighted by Gasteiger charge is 2.33. The van der Waals surface area contributed by atoms with Crippen LogP contribution in [0.15, 0.2) is 0 Å². The Morgan fingerprint density at radius 2 is 2.00 bits per heavy atom. The van der Waals surface area contributed by atoms with Gasteiger partial charge in [-0.15, -0.1) is 0 Å². The molecule has 2 fully saturated rings. The third-order valence-electron chi connectivity index (χ3n) is 3.95. The fourth-order valence-corrected chi connectivity index (χ4v) is 2.77. The van der Waals surface area contributed by atoms with E-state index in [0.29, 0.717) is 12.1 Å². The summed E-state index contributed by atoms with van der Waals surface area (Å²) in [6.07, 6.45) is 3.51. The molecular formula is C12H22N4O2. The molecule has 3 amide bonds. The largest absolute Gasteiger partial charge is 0.341 e. The van der Waals surface area contributed by atoms with E-state index >= 15 is 0 Å². The fourth-order valence-electron chi connectivity index (χ4n) is 2.77. The van der Waals surface area contributed by atoms with Gasteiger partial charge < -0.3 is 10.6 Å². The molecule has 2 rings (SSSR count). The molecule has 2 bridgehead atoms. The first kappa shape index (κ1) is 13.3. The minimum atomic E-state index is -0.443. The highest BCUT2D eigenvalue weighted by molar-refractivity contribution is 5.96. The summed E-state index contributed by atoms with van der Waals surface area (Å²) < 4.78 is 0. The van der Waals surface area contributed by atoms with Crippen LogP contribution in [0.3, 0.4) is 0 Å². The first-order valence-electron chi connectivity index (χ1n) is 6.63. The van der Waals surface area contributed by atoms with E-state index in [4.69, 9.17) is 0 Å². The third-order valence-corrected chi connectivity index (χ3v) is 3.95. The van der Waals surface area contributed by atoms with Crippen LogP contribution in [-0.2, 0) is 4.79 Å².